The zero-order chi connectivity index (χ0) is 27.0. The second-order valence-corrected chi connectivity index (χ2v) is 9.24. The zero-order valence-corrected chi connectivity index (χ0v) is 21.4. The van der Waals surface area contributed by atoms with Gasteiger partial charge in [0.15, 0.2) is 11.5 Å². The van der Waals surface area contributed by atoms with Gasteiger partial charge in [-0.2, -0.15) is 5.10 Å². The van der Waals surface area contributed by atoms with Crippen molar-refractivity contribution in [3.8, 4) is 23.0 Å². The van der Waals surface area contributed by atoms with E-state index in [2.05, 4.69) is 10.5 Å². The first-order valence-electron chi connectivity index (χ1n) is 10.8. The monoisotopic (exact) mass is 531 g/mol. The number of amides is 1. The van der Waals surface area contributed by atoms with Crippen molar-refractivity contribution in [1.29, 1.82) is 0 Å². The van der Waals surface area contributed by atoms with Crippen molar-refractivity contribution in [1.82, 2.24) is 5.43 Å². The van der Waals surface area contributed by atoms with Crippen LogP contribution in [0.4, 0.5) is 10.1 Å². The van der Waals surface area contributed by atoms with Gasteiger partial charge in [0.2, 0.25) is 0 Å². The SMILES string of the molecule is COc1ccc(OC)c(N(CC(=O)N/N=C\c2ccccc2F)S(=O)(=O)c2ccc(OC)c(OC)c2)c1. The third-order valence-corrected chi connectivity index (χ3v) is 6.94. The lowest BCUT2D eigenvalue weighted by atomic mass is 10.2. The van der Waals surface area contributed by atoms with Crippen molar-refractivity contribution in [3.05, 3.63) is 72.0 Å². The summed E-state index contributed by atoms with van der Waals surface area (Å²) < 4.78 is 63.3. The number of sulfonamides is 1. The summed E-state index contributed by atoms with van der Waals surface area (Å²) >= 11 is 0. The van der Waals surface area contributed by atoms with E-state index >= 15 is 0 Å². The van der Waals surface area contributed by atoms with E-state index in [-0.39, 0.29) is 27.6 Å². The van der Waals surface area contributed by atoms with Crippen LogP contribution < -0.4 is 28.7 Å². The van der Waals surface area contributed by atoms with Gasteiger partial charge in [0.1, 0.15) is 23.9 Å². The highest BCUT2D eigenvalue weighted by molar-refractivity contribution is 7.92. The molecule has 3 aromatic carbocycles. The van der Waals surface area contributed by atoms with Gasteiger partial charge in [-0.05, 0) is 30.3 Å². The first kappa shape index (κ1) is 27.3. The highest BCUT2D eigenvalue weighted by Gasteiger charge is 2.31. The maximum absolute atomic E-state index is 13.8. The van der Waals surface area contributed by atoms with Crippen LogP contribution in [0.25, 0.3) is 0 Å². The summed E-state index contributed by atoms with van der Waals surface area (Å²) in [5, 5.41) is 3.75. The Morgan fingerprint density at radius 3 is 2.24 bits per heavy atom. The third-order valence-electron chi connectivity index (χ3n) is 5.18. The molecule has 196 valence electrons. The largest absolute Gasteiger partial charge is 0.497 e. The molecule has 0 bridgehead atoms. The van der Waals surface area contributed by atoms with Crippen LogP contribution in [0.2, 0.25) is 0 Å². The number of ether oxygens (including phenoxy) is 4. The van der Waals surface area contributed by atoms with Gasteiger partial charge >= 0.3 is 0 Å². The molecule has 10 nitrogen and oxygen atoms in total. The van der Waals surface area contributed by atoms with Crippen molar-refractivity contribution in [3.63, 3.8) is 0 Å². The standard InChI is InChI=1S/C25H26FN3O7S/c1-33-18-9-11-22(34-2)21(13-18)29(16-25(30)28-27-15-17-7-5-6-8-20(17)26)37(31,32)19-10-12-23(35-3)24(14-19)36-4/h5-15H,16H2,1-4H3,(H,28,30)/b27-15-. The summed E-state index contributed by atoms with van der Waals surface area (Å²) in [6, 6.07) is 14.4. The normalized spacial score (nSPS) is 11.2. The van der Waals surface area contributed by atoms with Gasteiger partial charge in [-0.3, -0.25) is 9.10 Å². The molecule has 0 heterocycles. The van der Waals surface area contributed by atoms with E-state index < -0.39 is 28.3 Å². The maximum atomic E-state index is 13.8. The number of nitrogens with one attached hydrogen (secondary N) is 1. The second-order valence-electron chi connectivity index (χ2n) is 7.38. The molecule has 0 spiro atoms. The van der Waals surface area contributed by atoms with Gasteiger partial charge in [-0.15, -0.1) is 0 Å². The molecule has 3 aromatic rings. The molecule has 0 aliphatic rings. The Kier molecular flexibility index (Phi) is 8.90. The molecule has 0 saturated carbocycles. The zero-order valence-electron chi connectivity index (χ0n) is 20.6. The number of anilines is 1. The molecule has 0 saturated heterocycles. The average Bonchev–Trinajstić information content (AvgIpc) is 2.91. The summed E-state index contributed by atoms with van der Waals surface area (Å²) in [5.41, 5.74) is 2.42. The summed E-state index contributed by atoms with van der Waals surface area (Å²) in [6.07, 6.45) is 1.12. The minimum absolute atomic E-state index is 0.0462. The number of halogens is 1. The van der Waals surface area contributed by atoms with E-state index in [1.165, 1.54) is 77.0 Å². The fraction of sp³-hybridized carbons (Fsp3) is 0.200. The van der Waals surface area contributed by atoms with Crippen LogP contribution in [0.5, 0.6) is 23.0 Å². The quantitative estimate of drug-likeness (QED) is 0.298. The van der Waals surface area contributed by atoms with E-state index in [1.54, 1.807) is 12.1 Å². The van der Waals surface area contributed by atoms with Crippen LogP contribution in [0.3, 0.4) is 0 Å². The Balaban J connectivity index is 2.02. The number of benzene rings is 3. The molecule has 0 atom stereocenters. The Labute approximate surface area is 214 Å². The van der Waals surface area contributed by atoms with Gasteiger partial charge in [-0.25, -0.2) is 18.2 Å². The van der Waals surface area contributed by atoms with Crippen molar-refractivity contribution >= 4 is 27.8 Å². The molecule has 1 N–H and O–H groups in total. The minimum atomic E-state index is -4.36. The van der Waals surface area contributed by atoms with Gasteiger partial charge in [-0.1, -0.05) is 18.2 Å². The molecule has 37 heavy (non-hydrogen) atoms. The third kappa shape index (κ3) is 6.28. The van der Waals surface area contributed by atoms with Crippen molar-refractivity contribution < 1.29 is 36.6 Å². The Bertz CT molecular complexity index is 1400. The fourth-order valence-electron chi connectivity index (χ4n) is 3.31. The van der Waals surface area contributed by atoms with Crippen LogP contribution >= 0.6 is 0 Å². The average molecular weight is 532 g/mol. The number of nitrogens with zero attached hydrogens (tertiary/aromatic N) is 2. The molecular weight excluding hydrogens is 505 g/mol. The van der Waals surface area contributed by atoms with Crippen LogP contribution in [0, 0.1) is 5.82 Å². The molecule has 0 unspecified atom stereocenters. The highest BCUT2D eigenvalue weighted by Crippen LogP contribution is 2.37. The number of hydrazone groups is 1. The summed E-state index contributed by atoms with van der Waals surface area (Å²) in [4.78, 5) is 12.6. The van der Waals surface area contributed by atoms with Crippen LogP contribution in [0.15, 0.2) is 70.7 Å². The molecule has 1 amide bonds. The van der Waals surface area contributed by atoms with E-state index in [0.717, 1.165) is 10.5 Å². The van der Waals surface area contributed by atoms with E-state index in [1.807, 2.05) is 0 Å². The van der Waals surface area contributed by atoms with Crippen LogP contribution in [0.1, 0.15) is 5.56 Å². The topological polar surface area (TPSA) is 116 Å². The van der Waals surface area contributed by atoms with Crippen molar-refractivity contribution in [2.24, 2.45) is 5.10 Å². The number of hydrogen-bond acceptors (Lipinski definition) is 8. The molecule has 0 fully saturated rings. The highest BCUT2D eigenvalue weighted by atomic mass is 32.2. The van der Waals surface area contributed by atoms with Crippen molar-refractivity contribution in [2.45, 2.75) is 4.90 Å². The predicted octanol–water partition coefficient (Wildman–Crippen LogP) is 3.21. The number of carbonyl (C=O) groups excluding carboxylic acids is 1. The Hall–Kier alpha value is -4.32. The predicted molar refractivity (Wildman–Crippen MR) is 136 cm³/mol. The van der Waals surface area contributed by atoms with E-state index in [4.69, 9.17) is 18.9 Å². The Morgan fingerprint density at radius 2 is 1.59 bits per heavy atom. The first-order valence-corrected chi connectivity index (χ1v) is 12.2. The molecule has 0 aliphatic carbocycles. The van der Waals surface area contributed by atoms with Crippen LogP contribution in [-0.4, -0.2) is 55.5 Å². The number of carbonyl (C=O) groups is 1. The fourth-order valence-corrected chi connectivity index (χ4v) is 4.75. The molecule has 3 rings (SSSR count). The van der Waals surface area contributed by atoms with Gasteiger partial charge in [0.25, 0.3) is 15.9 Å². The molecular formula is C25H26FN3O7S. The molecule has 0 radical (unpaired) electrons. The summed E-state index contributed by atoms with van der Waals surface area (Å²) in [5.74, 6) is -0.304. The number of hydrogen-bond donors (Lipinski definition) is 1. The Morgan fingerprint density at radius 1 is 0.919 bits per heavy atom. The minimum Gasteiger partial charge on any atom is -0.497 e. The van der Waals surface area contributed by atoms with Crippen molar-refractivity contribution in [2.75, 3.05) is 39.3 Å². The molecule has 0 aromatic heterocycles. The number of methoxy groups -OCH3 is 4. The lowest BCUT2D eigenvalue weighted by molar-refractivity contribution is -0.119. The summed E-state index contributed by atoms with van der Waals surface area (Å²) in [7, 11) is 1.22. The second kappa shape index (κ2) is 12.1. The smallest absolute Gasteiger partial charge is 0.265 e. The van der Waals surface area contributed by atoms with Crippen LogP contribution in [-0.2, 0) is 14.8 Å². The van der Waals surface area contributed by atoms with E-state index in [0.29, 0.717) is 11.5 Å². The summed E-state index contributed by atoms with van der Waals surface area (Å²) in [6.45, 7) is -0.686. The van der Waals surface area contributed by atoms with E-state index in [9.17, 15) is 17.6 Å². The lowest BCUT2D eigenvalue weighted by Gasteiger charge is -2.26. The van der Waals surface area contributed by atoms with Gasteiger partial charge < -0.3 is 18.9 Å². The molecule has 0 aliphatic heterocycles. The maximum Gasteiger partial charge on any atom is 0.265 e. The number of rotatable bonds is 11. The first-order chi connectivity index (χ1) is 17.7. The lowest BCUT2D eigenvalue weighted by Crippen LogP contribution is -2.39. The van der Waals surface area contributed by atoms with Gasteiger partial charge in [0.05, 0.1) is 45.2 Å². The molecule has 12 heteroatoms. The van der Waals surface area contributed by atoms with Gasteiger partial charge in [0, 0.05) is 17.7 Å².